The van der Waals surface area contributed by atoms with Crippen molar-refractivity contribution in [3.63, 3.8) is 0 Å². The Labute approximate surface area is 178 Å². The zero-order valence-corrected chi connectivity index (χ0v) is 17.9. The van der Waals surface area contributed by atoms with Crippen molar-refractivity contribution in [3.05, 3.63) is 65.5 Å². The highest BCUT2D eigenvalue weighted by Gasteiger charge is 2.49. The van der Waals surface area contributed by atoms with Crippen LogP contribution in [0.25, 0.3) is 0 Å². The minimum absolute atomic E-state index is 0.0277. The molecule has 0 aliphatic carbocycles. The number of hydrogen-bond acceptors (Lipinski definition) is 5. The van der Waals surface area contributed by atoms with Crippen molar-refractivity contribution in [2.45, 2.75) is 30.8 Å². The third-order valence-corrected chi connectivity index (χ3v) is 7.37. The van der Waals surface area contributed by atoms with E-state index in [0.29, 0.717) is 13.1 Å². The van der Waals surface area contributed by atoms with Gasteiger partial charge in [-0.2, -0.15) is 0 Å². The fourth-order valence-electron chi connectivity index (χ4n) is 4.57. The van der Waals surface area contributed by atoms with E-state index in [1.165, 1.54) is 6.26 Å². The molecular formula is C23H27N3O3S. The van der Waals surface area contributed by atoms with Gasteiger partial charge in [0.15, 0.2) is 0 Å². The number of benzene rings is 1. The number of fused-ring (bicyclic) bond motifs is 1. The average molecular weight is 426 g/mol. The summed E-state index contributed by atoms with van der Waals surface area (Å²) >= 11 is 0. The second kappa shape index (κ2) is 8.86. The molecular weight excluding hydrogens is 398 g/mol. The first kappa shape index (κ1) is 21.0. The lowest BCUT2D eigenvalue weighted by molar-refractivity contribution is -0.0553. The zero-order chi connectivity index (χ0) is 21.1. The average Bonchev–Trinajstić information content (AvgIpc) is 2.72. The molecule has 0 amide bonds. The summed E-state index contributed by atoms with van der Waals surface area (Å²) in [4.78, 5) is 6.49. The Kier molecular flexibility index (Phi) is 6.21. The molecule has 4 rings (SSSR count). The first-order valence-electron chi connectivity index (χ1n) is 10.3. The summed E-state index contributed by atoms with van der Waals surface area (Å²) in [7, 11) is -3.24. The van der Waals surface area contributed by atoms with E-state index in [9.17, 15) is 13.5 Å². The fourth-order valence-corrected chi connectivity index (χ4v) is 5.46. The van der Waals surface area contributed by atoms with E-state index in [1.807, 2.05) is 30.3 Å². The highest BCUT2D eigenvalue weighted by Crippen LogP contribution is 2.42. The van der Waals surface area contributed by atoms with Gasteiger partial charge in [-0.15, -0.1) is 0 Å². The Bertz CT molecular complexity index is 1030. The van der Waals surface area contributed by atoms with E-state index in [2.05, 4.69) is 33.9 Å². The molecule has 2 fully saturated rings. The summed E-state index contributed by atoms with van der Waals surface area (Å²) < 4.78 is 26.0. The highest BCUT2D eigenvalue weighted by molar-refractivity contribution is 7.88. The van der Waals surface area contributed by atoms with E-state index >= 15 is 0 Å². The molecule has 3 heterocycles. The second-order valence-electron chi connectivity index (χ2n) is 8.00. The standard InChI is InChI=1S/C23H27N3O3S/c1-30(28,29)25-14-4-5-15-26-21(16-25)23(22(26)17-27)19-10-7-18(8-11-19)9-12-20-6-2-3-13-24-20/h2-3,6-8,10-11,13,21-23,27H,4-5,14-17H2,1H3/t21-,22+,23-/m1/s1. The van der Waals surface area contributed by atoms with Crippen LogP contribution in [-0.4, -0.2) is 72.3 Å². The van der Waals surface area contributed by atoms with Gasteiger partial charge in [0.1, 0.15) is 5.69 Å². The molecule has 0 radical (unpaired) electrons. The van der Waals surface area contributed by atoms with Crippen molar-refractivity contribution in [2.75, 3.05) is 32.5 Å². The molecule has 2 saturated heterocycles. The van der Waals surface area contributed by atoms with Crippen molar-refractivity contribution in [1.29, 1.82) is 0 Å². The van der Waals surface area contributed by atoms with Gasteiger partial charge in [-0.3, -0.25) is 4.90 Å². The molecule has 2 aromatic rings. The van der Waals surface area contributed by atoms with Gasteiger partial charge < -0.3 is 5.11 Å². The van der Waals surface area contributed by atoms with Gasteiger partial charge >= 0.3 is 0 Å². The minimum Gasteiger partial charge on any atom is -0.395 e. The van der Waals surface area contributed by atoms with E-state index in [1.54, 1.807) is 10.5 Å². The number of rotatable bonds is 3. The SMILES string of the molecule is CS(=O)(=O)N1CCCCN2[C@H](C1)[C@@H](c1ccc(C#Cc3ccccn3)cc1)[C@@H]2CO. The van der Waals surface area contributed by atoms with Crippen LogP contribution in [0.3, 0.4) is 0 Å². The van der Waals surface area contributed by atoms with Gasteiger partial charge in [-0.05, 0) is 55.1 Å². The van der Waals surface area contributed by atoms with E-state index in [4.69, 9.17) is 0 Å². The maximum atomic E-state index is 12.2. The quantitative estimate of drug-likeness (QED) is 0.758. The Morgan fingerprint density at radius 1 is 1.10 bits per heavy atom. The van der Waals surface area contributed by atoms with Crippen LogP contribution in [-0.2, 0) is 10.0 Å². The van der Waals surface area contributed by atoms with Gasteiger partial charge in [-0.1, -0.05) is 24.1 Å². The number of nitrogens with zero attached hydrogens (tertiary/aromatic N) is 3. The molecule has 158 valence electrons. The topological polar surface area (TPSA) is 73.7 Å². The summed E-state index contributed by atoms with van der Waals surface area (Å²) in [6.07, 6.45) is 4.79. The Balaban J connectivity index is 1.55. The maximum Gasteiger partial charge on any atom is 0.211 e. The number of aliphatic hydroxyl groups excluding tert-OH is 1. The van der Waals surface area contributed by atoms with Gasteiger partial charge in [0.2, 0.25) is 10.0 Å². The predicted octanol–water partition coefficient (Wildman–Crippen LogP) is 1.67. The second-order valence-corrected chi connectivity index (χ2v) is 9.98. The molecule has 1 aromatic heterocycles. The first-order chi connectivity index (χ1) is 14.5. The molecule has 1 N–H and O–H groups in total. The van der Waals surface area contributed by atoms with Gasteiger partial charge in [0, 0.05) is 42.9 Å². The van der Waals surface area contributed by atoms with Crippen molar-refractivity contribution >= 4 is 10.0 Å². The zero-order valence-electron chi connectivity index (χ0n) is 17.1. The van der Waals surface area contributed by atoms with Crippen LogP contribution in [0, 0.1) is 11.8 Å². The first-order valence-corrected chi connectivity index (χ1v) is 12.2. The number of pyridine rings is 1. The van der Waals surface area contributed by atoms with Gasteiger partial charge in [0.25, 0.3) is 0 Å². The molecule has 0 bridgehead atoms. The third kappa shape index (κ3) is 4.42. The summed E-state index contributed by atoms with van der Waals surface area (Å²) in [5, 5.41) is 10.0. The highest BCUT2D eigenvalue weighted by atomic mass is 32.2. The largest absolute Gasteiger partial charge is 0.395 e. The van der Waals surface area contributed by atoms with Crippen LogP contribution in [0.15, 0.2) is 48.7 Å². The summed E-state index contributed by atoms with van der Waals surface area (Å²) in [5.74, 6) is 6.29. The molecule has 6 nitrogen and oxygen atoms in total. The van der Waals surface area contributed by atoms with Crippen LogP contribution < -0.4 is 0 Å². The molecule has 30 heavy (non-hydrogen) atoms. The molecule has 7 heteroatoms. The third-order valence-electron chi connectivity index (χ3n) is 6.10. The van der Waals surface area contributed by atoms with Crippen LogP contribution in [0.4, 0.5) is 0 Å². The molecule has 0 saturated carbocycles. The van der Waals surface area contributed by atoms with Crippen LogP contribution >= 0.6 is 0 Å². The van der Waals surface area contributed by atoms with Crippen molar-refractivity contribution in [1.82, 2.24) is 14.2 Å². The minimum atomic E-state index is -3.24. The van der Waals surface area contributed by atoms with Gasteiger partial charge in [0.05, 0.1) is 12.9 Å². The maximum absolute atomic E-state index is 12.2. The van der Waals surface area contributed by atoms with Gasteiger partial charge in [-0.25, -0.2) is 17.7 Å². The van der Waals surface area contributed by atoms with E-state index in [0.717, 1.165) is 36.2 Å². The normalized spacial score (nSPS) is 25.2. The lowest BCUT2D eigenvalue weighted by Crippen LogP contribution is -2.67. The summed E-state index contributed by atoms with van der Waals surface area (Å²) in [6, 6.07) is 13.8. The van der Waals surface area contributed by atoms with Crippen LogP contribution in [0.1, 0.15) is 35.6 Å². The Hall–Kier alpha value is -2.24. The monoisotopic (exact) mass is 425 g/mol. The molecule has 3 atom stereocenters. The molecule has 2 aliphatic heterocycles. The van der Waals surface area contributed by atoms with Crippen molar-refractivity contribution in [3.8, 4) is 11.8 Å². The van der Waals surface area contributed by atoms with E-state index in [-0.39, 0.29) is 24.6 Å². The van der Waals surface area contributed by atoms with E-state index < -0.39 is 10.0 Å². The molecule has 0 unspecified atom stereocenters. The lowest BCUT2D eigenvalue weighted by Gasteiger charge is -2.57. The molecule has 1 aromatic carbocycles. The molecule has 0 spiro atoms. The Morgan fingerprint density at radius 2 is 1.87 bits per heavy atom. The number of hydrogen-bond donors (Lipinski definition) is 1. The van der Waals surface area contributed by atoms with Crippen LogP contribution in [0.5, 0.6) is 0 Å². The number of aliphatic hydroxyl groups is 1. The number of sulfonamides is 1. The summed E-state index contributed by atoms with van der Waals surface area (Å²) in [6.45, 7) is 2.02. The fraction of sp³-hybridized carbons (Fsp3) is 0.435. The predicted molar refractivity (Wildman–Crippen MR) is 116 cm³/mol. The smallest absolute Gasteiger partial charge is 0.211 e. The summed E-state index contributed by atoms with van der Waals surface area (Å²) in [5.41, 5.74) is 2.75. The van der Waals surface area contributed by atoms with Crippen molar-refractivity contribution < 1.29 is 13.5 Å². The number of aromatic nitrogens is 1. The van der Waals surface area contributed by atoms with Crippen molar-refractivity contribution in [2.24, 2.45) is 0 Å². The van der Waals surface area contributed by atoms with Crippen LogP contribution in [0.2, 0.25) is 0 Å². The molecule has 2 aliphatic rings. The lowest BCUT2D eigenvalue weighted by atomic mass is 9.74. The Morgan fingerprint density at radius 3 is 2.53 bits per heavy atom.